The van der Waals surface area contributed by atoms with Crippen LogP contribution in [0.25, 0.3) is 0 Å². The van der Waals surface area contributed by atoms with E-state index >= 15 is 0 Å². The summed E-state index contributed by atoms with van der Waals surface area (Å²) in [5.74, 6) is 0.339. The normalized spacial score (nSPS) is 12.2. The van der Waals surface area contributed by atoms with E-state index in [9.17, 15) is 5.11 Å². The minimum atomic E-state index is 0.339. The standard InChI is InChI=1S/C19H25NO/c1-2-18(15-17-7-4-3-5-8-17)20-14-6-9-16-10-12-19(21)13-11-16/h3-5,7-8,10-13,18,20-21H,2,6,9,14-15H2,1H3. The molecule has 2 rings (SSSR count). The summed E-state index contributed by atoms with van der Waals surface area (Å²) in [5.41, 5.74) is 2.68. The van der Waals surface area contributed by atoms with Crippen molar-refractivity contribution >= 4 is 0 Å². The summed E-state index contributed by atoms with van der Waals surface area (Å²) in [6, 6.07) is 18.7. The third-order valence-corrected chi connectivity index (χ3v) is 3.83. The van der Waals surface area contributed by atoms with E-state index in [0.29, 0.717) is 11.8 Å². The zero-order valence-electron chi connectivity index (χ0n) is 12.8. The van der Waals surface area contributed by atoms with Gasteiger partial charge in [0.05, 0.1) is 0 Å². The smallest absolute Gasteiger partial charge is 0.115 e. The first-order valence-corrected chi connectivity index (χ1v) is 7.83. The SMILES string of the molecule is CCC(Cc1ccccc1)NCCCc1ccc(O)cc1. The van der Waals surface area contributed by atoms with Gasteiger partial charge in [-0.05, 0) is 55.5 Å². The van der Waals surface area contributed by atoms with Gasteiger partial charge >= 0.3 is 0 Å². The number of phenolic OH excluding ortho intramolecular Hbond substituents is 1. The number of phenols is 1. The maximum Gasteiger partial charge on any atom is 0.115 e. The van der Waals surface area contributed by atoms with E-state index in [0.717, 1.165) is 32.2 Å². The van der Waals surface area contributed by atoms with E-state index in [-0.39, 0.29) is 0 Å². The van der Waals surface area contributed by atoms with Crippen LogP contribution in [0.3, 0.4) is 0 Å². The van der Waals surface area contributed by atoms with E-state index in [1.54, 1.807) is 12.1 Å². The Balaban J connectivity index is 1.70. The average molecular weight is 283 g/mol. The molecule has 0 spiro atoms. The number of hydrogen-bond donors (Lipinski definition) is 2. The monoisotopic (exact) mass is 283 g/mol. The highest BCUT2D eigenvalue weighted by molar-refractivity contribution is 5.25. The fourth-order valence-corrected chi connectivity index (χ4v) is 2.52. The van der Waals surface area contributed by atoms with Gasteiger partial charge in [-0.15, -0.1) is 0 Å². The molecule has 112 valence electrons. The van der Waals surface area contributed by atoms with Gasteiger partial charge in [0.15, 0.2) is 0 Å². The second-order valence-electron chi connectivity index (χ2n) is 5.52. The van der Waals surface area contributed by atoms with Crippen LogP contribution in [-0.2, 0) is 12.8 Å². The molecule has 0 aliphatic carbocycles. The molecule has 1 unspecified atom stereocenters. The average Bonchev–Trinajstić information content (AvgIpc) is 2.53. The molecule has 0 bridgehead atoms. The Morgan fingerprint density at radius 3 is 2.33 bits per heavy atom. The minimum Gasteiger partial charge on any atom is -0.508 e. The first-order chi connectivity index (χ1) is 10.3. The van der Waals surface area contributed by atoms with Crippen molar-refractivity contribution < 1.29 is 5.11 Å². The summed E-state index contributed by atoms with van der Waals surface area (Å²) >= 11 is 0. The molecule has 0 fully saturated rings. The van der Waals surface area contributed by atoms with Gasteiger partial charge in [0.2, 0.25) is 0 Å². The summed E-state index contributed by atoms with van der Waals surface area (Å²) in [6.45, 7) is 3.27. The summed E-state index contributed by atoms with van der Waals surface area (Å²) in [5, 5.41) is 12.9. The Hall–Kier alpha value is -1.80. The maximum atomic E-state index is 9.26. The predicted molar refractivity (Wildman–Crippen MR) is 88.7 cm³/mol. The van der Waals surface area contributed by atoms with E-state index in [1.165, 1.54) is 11.1 Å². The lowest BCUT2D eigenvalue weighted by atomic mass is 10.0. The fourth-order valence-electron chi connectivity index (χ4n) is 2.52. The van der Waals surface area contributed by atoms with Crippen molar-refractivity contribution in [3.05, 3.63) is 65.7 Å². The number of rotatable bonds is 8. The van der Waals surface area contributed by atoms with Crippen LogP contribution in [-0.4, -0.2) is 17.7 Å². The molecule has 0 amide bonds. The van der Waals surface area contributed by atoms with Crippen LogP contribution in [0.1, 0.15) is 30.9 Å². The van der Waals surface area contributed by atoms with Gasteiger partial charge in [0.1, 0.15) is 5.75 Å². The van der Waals surface area contributed by atoms with Gasteiger partial charge < -0.3 is 10.4 Å². The molecule has 0 heterocycles. The van der Waals surface area contributed by atoms with Crippen molar-refractivity contribution in [3.63, 3.8) is 0 Å². The topological polar surface area (TPSA) is 32.3 Å². The first-order valence-electron chi connectivity index (χ1n) is 7.83. The van der Waals surface area contributed by atoms with Crippen LogP contribution in [0.2, 0.25) is 0 Å². The van der Waals surface area contributed by atoms with Crippen molar-refractivity contribution in [1.82, 2.24) is 5.32 Å². The minimum absolute atomic E-state index is 0.339. The molecule has 2 aromatic carbocycles. The molecule has 0 saturated heterocycles. The highest BCUT2D eigenvalue weighted by Crippen LogP contribution is 2.11. The molecule has 21 heavy (non-hydrogen) atoms. The summed E-state index contributed by atoms with van der Waals surface area (Å²) < 4.78 is 0. The second kappa shape index (κ2) is 8.48. The van der Waals surface area contributed by atoms with Gasteiger partial charge in [-0.3, -0.25) is 0 Å². The van der Waals surface area contributed by atoms with Crippen LogP contribution in [0.5, 0.6) is 5.75 Å². The molecule has 0 saturated carbocycles. The van der Waals surface area contributed by atoms with E-state index < -0.39 is 0 Å². The van der Waals surface area contributed by atoms with Gasteiger partial charge in [-0.1, -0.05) is 49.4 Å². The summed E-state index contributed by atoms with van der Waals surface area (Å²) in [6.07, 6.45) is 4.41. The highest BCUT2D eigenvalue weighted by Gasteiger charge is 2.06. The van der Waals surface area contributed by atoms with Gasteiger partial charge in [0.25, 0.3) is 0 Å². The molecule has 0 aliphatic rings. The first kappa shape index (κ1) is 15.6. The Bertz CT molecular complexity index is 507. The van der Waals surface area contributed by atoms with Gasteiger partial charge in [-0.25, -0.2) is 0 Å². The number of nitrogens with one attached hydrogen (secondary N) is 1. The highest BCUT2D eigenvalue weighted by atomic mass is 16.3. The summed E-state index contributed by atoms with van der Waals surface area (Å²) in [4.78, 5) is 0. The fraction of sp³-hybridized carbons (Fsp3) is 0.368. The van der Waals surface area contributed by atoms with Crippen molar-refractivity contribution in [2.75, 3.05) is 6.54 Å². The van der Waals surface area contributed by atoms with Crippen LogP contribution in [0, 0.1) is 0 Å². The Labute approximate surface area is 127 Å². The number of hydrogen-bond acceptors (Lipinski definition) is 2. The molecule has 2 aromatic rings. The zero-order valence-corrected chi connectivity index (χ0v) is 12.8. The maximum absolute atomic E-state index is 9.26. The lowest BCUT2D eigenvalue weighted by Crippen LogP contribution is -2.31. The Kier molecular flexibility index (Phi) is 6.29. The van der Waals surface area contributed by atoms with Crippen molar-refractivity contribution in [1.29, 1.82) is 0 Å². The second-order valence-corrected chi connectivity index (χ2v) is 5.52. The third kappa shape index (κ3) is 5.60. The van der Waals surface area contributed by atoms with Crippen LogP contribution in [0.15, 0.2) is 54.6 Å². The zero-order chi connectivity index (χ0) is 14.9. The number of aromatic hydroxyl groups is 1. The van der Waals surface area contributed by atoms with E-state index in [2.05, 4.69) is 42.6 Å². The molecule has 1 atom stereocenters. The molecular formula is C19H25NO. The van der Waals surface area contributed by atoms with Crippen molar-refractivity contribution in [2.45, 2.75) is 38.6 Å². The lowest BCUT2D eigenvalue weighted by Gasteiger charge is -2.17. The van der Waals surface area contributed by atoms with Crippen LogP contribution < -0.4 is 5.32 Å². The number of aryl methyl sites for hydroxylation is 1. The third-order valence-electron chi connectivity index (χ3n) is 3.83. The summed E-state index contributed by atoms with van der Waals surface area (Å²) in [7, 11) is 0. The Morgan fingerprint density at radius 2 is 1.67 bits per heavy atom. The molecule has 0 aliphatic heterocycles. The lowest BCUT2D eigenvalue weighted by molar-refractivity contribution is 0.474. The van der Waals surface area contributed by atoms with Crippen LogP contribution in [0.4, 0.5) is 0 Å². The van der Waals surface area contributed by atoms with Gasteiger partial charge in [-0.2, -0.15) is 0 Å². The van der Waals surface area contributed by atoms with Crippen molar-refractivity contribution in [3.8, 4) is 5.75 Å². The van der Waals surface area contributed by atoms with Crippen molar-refractivity contribution in [2.24, 2.45) is 0 Å². The van der Waals surface area contributed by atoms with Crippen LogP contribution >= 0.6 is 0 Å². The molecule has 0 radical (unpaired) electrons. The Morgan fingerprint density at radius 1 is 0.952 bits per heavy atom. The predicted octanol–water partition coefficient (Wildman–Crippen LogP) is 3.94. The quantitative estimate of drug-likeness (QED) is 0.719. The van der Waals surface area contributed by atoms with Gasteiger partial charge in [0, 0.05) is 6.04 Å². The van der Waals surface area contributed by atoms with E-state index in [1.807, 2.05) is 12.1 Å². The molecule has 2 heteroatoms. The van der Waals surface area contributed by atoms with E-state index in [4.69, 9.17) is 0 Å². The molecule has 2 nitrogen and oxygen atoms in total. The molecular weight excluding hydrogens is 258 g/mol. The molecule has 2 N–H and O–H groups in total. The largest absolute Gasteiger partial charge is 0.508 e. The molecule has 0 aromatic heterocycles. The number of benzene rings is 2.